The molecule has 0 aliphatic rings. The highest BCUT2D eigenvalue weighted by Gasteiger charge is 2.18. The molecule has 0 spiro atoms. The zero-order valence-electron chi connectivity index (χ0n) is 9.69. The Balaban J connectivity index is 2.55. The first kappa shape index (κ1) is 13.6. The zero-order chi connectivity index (χ0) is 14.0. The second-order valence-electron chi connectivity index (χ2n) is 3.85. The molecule has 0 amide bonds. The number of para-hydroxylation sites is 1. The van der Waals surface area contributed by atoms with Crippen LogP contribution in [0.3, 0.4) is 0 Å². The van der Waals surface area contributed by atoms with Gasteiger partial charge in [-0.3, -0.25) is 9.59 Å². The van der Waals surface area contributed by atoms with E-state index in [2.05, 4.69) is 0 Å². The minimum Gasteiger partial charge on any atom is -0.398 e. The zero-order valence-corrected chi connectivity index (χ0v) is 11.2. The Kier molecular flexibility index (Phi) is 3.88. The topological polar surface area (TPSA) is 60.2 Å². The number of hydrogen-bond acceptors (Lipinski definition) is 3. The Morgan fingerprint density at radius 3 is 2.11 bits per heavy atom. The number of ketones is 1. The smallest absolute Gasteiger partial charge is 0.254 e. The lowest BCUT2D eigenvalue weighted by molar-refractivity contribution is 0.103. The monoisotopic (exact) mass is 293 g/mol. The van der Waals surface area contributed by atoms with Crippen molar-refractivity contribution in [1.82, 2.24) is 0 Å². The highest BCUT2D eigenvalue weighted by molar-refractivity contribution is 6.68. The van der Waals surface area contributed by atoms with E-state index in [1.165, 1.54) is 12.1 Å². The van der Waals surface area contributed by atoms with Crippen LogP contribution in [0.1, 0.15) is 26.3 Å². The van der Waals surface area contributed by atoms with Crippen LogP contribution in [0.2, 0.25) is 5.02 Å². The van der Waals surface area contributed by atoms with Crippen LogP contribution in [0, 0.1) is 0 Å². The van der Waals surface area contributed by atoms with Crippen LogP contribution >= 0.6 is 23.2 Å². The number of carbonyl (C=O) groups is 2. The first-order valence-corrected chi connectivity index (χ1v) is 6.15. The number of halogens is 2. The number of rotatable bonds is 3. The molecule has 0 radical (unpaired) electrons. The van der Waals surface area contributed by atoms with Gasteiger partial charge in [0.2, 0.25) is 0 Å². The van der Waals surface area contributed by atoms with E-state index in [1.807, 2.05) is 0 Å². The van der Waals surface area contributed by atoms with Crippen molar-refractivity contribution < 1.29 is 9.59 Å². The van der Waals surface area contributed by atoms with Crippen LogP contribution in [-0.2, 0) is 0 Å². The number of nitrogen functional groups attached to an aromatic ring is 1. The molecular weight excluding hydrogens is 285 g/mol. The average molecular weight is 294 g/mol. The number of carbonyl (C=O) groups excluding carboxylic acids is 2. The van der Waals surface area contributed by atoms with Gasteiger partial charge < -0.3 is 5.73 Å². The van der Waals surface area contributed by atoms with Crippen LogP contribution < -0.4 is 5.73 Å². The molecule has 2 aromatic rings. The van der Waals surface area contributed by atoms with Crippen LogP contribution in [0.25, 0.3) is 0 Å². The summed E-state index contributed by atoms with van der Waals surface area (Å²) < 4.78 is 0. The van der Waals surface area contributed by atoms with Crippen LogP contribution in [0.4, 0.5) is 5.69 Å². The Morgan fingerprint density at radius 1 is 0.895 bits per heavy atom. The molecule has 96 valence electrons. The Hall–Kier alpha value is -1.84. The van der Waals surface area contributed by atoms with Crippen LogP contribution in [0.5, 0.6) is 0 Å². The molecule has 0 aliphatic heterocycles. The average Bonchev–Trinajstić information content (AvgIpc) is 2.38. The second-order valence-corrected chi connectivity index (χ2v) is 4.60. The van der Waals surface area contributed by atoms with Gasteiger partial charge in [0.05, 0.1) is 16.3 Å². The Morgan fingerprint density at radius 2 is 1.47 bits per heavy atom. The van der Waals surface area contributed by atoms with Gasteiger partial charge in [-0.1, -0.05) is 29.8 Å². The summed E-state index contributed by atoms with van der Waals surface area (Å²) in [5.41, 5.74) is 6.51. The Bertz CT molecular complexity index is 668. The first-order valence-electron chi connectivity index (χ1n) is 5.40. The van der Waals surface area contributed by atoms with E-state index in [0.717, 1.165) is 0 Å². The molecule has 0 aromatic heterocycles. The van der Waals surface area contributed by atoms with E-state index in [1.54, 1.807) is 30.3 Å². The van der Waals surface area contributed by atoms with Crippen LogP contribution in [-0.4, -0.2) is 11.0 Å². The summed E-state index contributed by atoms with van der Waals surface area (Å²) in [6.45, 7) is 0. The predicted octanol–water partition coefficient (Wildman–Crippen LogP) is 3.53. The van der Waals surface area contributed by atoms with Crippen molar-refractivity contribution in [1.29, 1.82) is 0 Å². The lowest BCUT2D eigenvalue weighted by Gasteiger charge is -2.08. The normalized spacial score (nSPS) is 10.2. The third-order valence-corrected chi connectivity index (χ3v) is 3.21. The maximum atomic E-state index is 12.3. The molecule has 2 N–H and O–H groups in total. The molecule has 0 fully saturated rings. The lowest BCUT2D eigenvalue weighted by atomic mass is 9.99. The van der Waals surface area contributed by atoms with E-state index in [-0.39, 0.29) is 22.6 Å². The molecule has 0 saturated carbocycles. The minimum absolute atomic E-state index is 0.0624. The lowest BCUT2D eigenvalue weighted by Crippen LogP contribution is -2.09. The summed E-state index contributed by atoms with van der Waals surface area (Å²) in [6, 6.07) is 11.2. The molecule has 0 heterocycles. The molecule has 2 rings (SSSR count). The molecule has 0 bridgehead atoms. The van der Waals surface area contributed by atoms with Crippen molar-refractivity contribution in [3.63, 3.8) is 0 Å². The van der Waals surface area contributed by atoms with Gasteiger partial charge in [-0.2, -0.15) is 0 Å². The van der Waals surface area contributed by atoms with Crippen molar-refractivity contribution in [3.05, 3.63) is 64.2 Å². The summed E-state index contributed by atoms with van der Waals surface area (Å²) in [7, 11) is 0. The van der Waals surface area contributed by atoms with Gasteiger partial charge in [-0.15, -0.1) is 0 Å². The van der Waals surface area contributed by atoms with E-state index < -0.39 is 5.24 Å². The molecule has 0 unspecified atom stereocenters. The molecule has 2 aromatic carbocycles. The quantitative estimate of drug-likeness (QED) is 0.535. The second kappa shape index (κ2) is 5.43. The van der Waals surface area contributed by atoms with Crippen molar-refractivity contribution in [3.8, 4) is 0 Å². The third-order valence-electron chi connectivity index (χ3n) is 2.68. The van der Waals surface area contributed by atoms with Crippen molar-refractivity contribution in [2.45, 2.75) is 0 Å². The predicted molar refractivity (Wildman–Crippen MR) is 75.9 cm³/mol. The van der Waals surface area contributed by atoms with Crippen LogP contribution in [0.15, 0.2) is 42.5 Å². The standard InChI is InChI=1S/C14H9Cl2NO2/c15-11-7-2-1-4-8(11)13(18)9-5-3-6-10(12(9)17)14(16)19/h1-7H,17H2. The fourth-order valence-electron chi connectivity index (χ4n) is 1.73. The van der Waals surface area contributed by atoms with Gasteiger partial charge >= 0.3 is 0 Å². The molecule has 0 saturated heterocycles. The summed E-state index contributed by atoms with van der Waals surface area (Å²) in [6.07, 6.45) is 0. The molecule has 19 heavy (non-hydrogen) atoms. The maximum Gasteiger partial charge on any atom is 0.254 e. The minimum atomic E-state index is -0.702. The third kappa shape index (κ3) is 2.62. The van der Waals surface area contributed by atoms with Gasteiger partial charge in [0.25, 0.3) is 5.24 Å². The van der Waals surface area contributed by atoms with E-state index in [9.17, 15) is 9.59 Å². The summed E-state index contributed by atoms with van der Waals surface area (Å²) in [5.74, 6) is -0.345. The van der Waals surface area contributed by atoms with Gasteiger partial charge in [-0.05, 0) is 35.9 Å². The largest absolute Gasteiger partial charge is 0.398 e. The van der Waals surface area contributed by atoms with Crippen molar-refractivity contribution >= 4 is 39.9 Å². The summed E-state index contributed by atoms with van der Waals surface area (Å²) in [5, 5.41) is -0.374. The Labute approximate surface area is 119 Å². The number of nitrogens with two attached hydrogens (primary N) is 1. The van der Waals surface area contributed by atoms with Crippen molar-refractivity contribution in [2.75, 3.05) is 5.73 Å². The molecule has 0 aliphatic carbocycles. The first-order chi connectivity index (χ1) is 9.02. The van der Waals surface area contributed by atoms with Gasteiger partial charge in [0.1, 0.15) is 0 Å². The highest BCUT2D eigenvalue weighted by Crippen LogP contribution is 2.25. The highest BCUT2D eigenvalue weighted by atomic mass is 35.5. The summed E-state index contributed by atoms with van der Waals surface area (Å²) >= 11 is 11.4. The number of anilines is 1. The molecule has 3 nitrogen and oxygen atoms in total. The molecule has 0 atom stereocenters. The van der Waals surface area contributed by atoms with Gasteiger partial charge in [-0.25, -0.2) is 0 Å². The number of hydrogen-bond donors (Lipinski definition) is 1. The summed E-state index contributed by atoms with van der Waals surface area (Å²) in [4.78, 5) is 23.5. The molecular formula is C14H9Cl2NO2. The maximum absolute atomic E-state index is 12.3. The van der Waals surface area contributed by atoms with E-state index in [4.69, 9.17) is 28.9 Å². The SMILES string of the molecule is Nc1c(C(=O)Cl)cccc1C(=O)c1ccccc1Cl. The molecule has 5 heteroatoms. The number of benzene rings is 2. The fourth-order valence-corrected chi connectivity index (χ4v) is 2.11. The van der Waals surface area contributed by atoms with E-state index >= 15 is 0 Å². The van der Waals surface area contributed by atoms with Gasteiger partial charge in [0.15, 0.2) is 5.78 Å². The van der Waals surface area contributed by atoms with Crippen molar-refractivity contribution in [2.24, 2.45) is 0 Å². The van der Waals surface area contributed by atoms with E-state index in [0.29, 0.717) is 10.6 Å². The van der Waals surface area contributed by atoms with Gasteiger partial charge in [0, 0.05) is 11.1 Å². The fraction of sp³-hybridized carbons (Fsp3) is 0.